The van der Waals surface area contributed by atoms with E-state index in [1.165, 1.54) is 33.4 Å². The summed E-state index contributed by atoms with van der Waals surface area (Å²) >= 11 is 2.47. The van der Waals surface area contributed by atoms with Crippen LogP contribution in [-0.4, -0.2) is 18.7 Å². The number of imidazole rings is 1. The molecule has 0 saturated carbocycles. The summed E-state index contributed by atoms with van der Waals surface area (Å²) in [5.41, 5.74) is 16.3. The maximum atomic E-state index is 6.82. The Bertz CT molecular complexity index is 4000. The fraction of sp³-hybridized carbons (Fsp3) is 0.156. The van der Waals surface area contributed by atoms with Crippen LogP contribution in [0.2, 0.25) is 0 Å². The predicted octanol–water partition coefficient (Wildman–Crippen LogP) is 15.8. The second kappa shape index (κ2) is 15.7. The van der Waals surface area contributed by atoms with Crippen molar-refractivity contribution in [3.8, 4) is 51.3 Å². The molecule has 13 rings (SSSR count). The van der Waals surface area contributed by atoms with Crippen LogP contribution >= 0.6 is 0 Å². The van der Waals surface area contributed by atoms with Crippen molar-refractivity contribution in [2.24, 2.45) is 0 Å². The Kier molecular flexibility index (Phi) is 9.64. The molecule has 0 fully saturated rings. The molecule has 0 radical (unpaired) electrons. The summed E-state index contributed by atoms with van der Waals surface area (Å²) in [6, 6.07) is 68.3. The molecular formula is C64H50N4O2Pt-2. The fourth-order valence-corrected chi connectivity index (χ4v) is 12.3. The average molecular weight is 1100 g/mol. The molecule has 1 spiro atoms. The zero-order chi connectivity index (χ0) is 48.6. The first-order valence-electron chi connectivity index (χ1n) is 24.3. The van der Waals surface area contributed by atoms with Crippen molar-refractivity contribution in [1.82, 2.24) is 18.7 Å². The minimum Gasteiger partial charge on any atom is -0.457 e. The molecule has 2 aliphatic rings. The van der Waals surface area contributed by atoms with E-state index in [0.29, 0.717) is 11.5 Å². The van der Waals surface area contributed by atoms with E-state index >= 15 is 0 Å². The first-order valence-corrected chi connectivity index (χ1v) is 25.4. The van der Waals surface area contributed by atoms with Crippen molar-refractivity contribution >= 4 is 32.8 Å². The van der Waals surface area contributed by atoms with Gasteiger partial charge in [0, 0.05) is 17.3 Å². The van der Waals surface area contributed by atoms with Gasteiger partial charge in [-0.05, 0) is 52.9 Å². The molecule has 0 atom stereocenters. The Morgan fingerprint density at radius 3 is 1.86 bits per heavy atom. The third kappa shape index (κ3) is 6.64. The zero-order valence-electron chi connectivity index (χ0n) is 40.7. The van der Waals surface area contributed by atoms with E-state index in [1.54, 1.807) is 0 Å². The Balaban J connectivity index is 0.971. The predicted molar refractivity (Wildman–Crippen MR) is 282 cm³/mol. The van der Waals surface area contributed by atoms with Gasteiger partial charge in [0.1, 0.15) is 11.5 Å². The van der Waals surface area contributed by atoms with Crippen LogP contribution in [0.4, 0.5) is 0 Å². The zero-order valence-corrected chi connectivity index (χ0v) is 42.9. The van der Waals surface area contributed by atoms with Gasteiger partial charge in [0.2, 0.25) is 0 Å². The fourth-order valence-electron chi connectivity index (χ4n) is 11.1. The molecule has 1 aliphatic heterocycles. The van der Waals surface area contributed by atoms with Crippen molar-refractivity contribution < 1.29 is 28.8 Å². The van der Waals surface area contributed by atoms with Gasteiger partial charge < -0.3 is 4.74 Å². The number of benzene rings is 8. The van der Waals surface area contributed by atoms with Crippen LogP contribution in [0.15, 0.2) is 176 Å². The van der Waals surface area contributed by atoms with Crippen molar-refractivity contribution in [2.75, 3.05) is 0 Å². The molecule has 4 heterocycles. The summed E-state index contributed by atoms with van der Waals surface area (Å²) in [5, 5.41) is 2.18. The van der Waals surface area contributed by atoms with Crippen LogP contribution in [0.25, 0.3) is 61.2 Å². The number of ether oxygens (including phenoxy) is 2. The van der Waals surface area contributed by atoms with Gasteiger partial charge in [-0.25, -0.2) is 0 Å². The molecule has 0 N–H and O–H groups in total. The topological polar surface area (TPSA) is 46.1 Å². The monoisotopic (exact) mass is 1100 g/mol. The number of fused-ring (bicyclic) bond motifs is 13. The molecule has 6 nitrogen and oxygen atoms in total. The average Bonchev–Trinajstić information content (AvgIpc) is 3.95. The minimum absolute atomic E-state index is 0.0231. The van der Waals surface area contributed by atoms with Crippen LogP contribution in [0.1, 0.15) is 80.5 Å². The van der Waals surface area contributed by atoms with Crippen LogP contribution < -0.4 is 9.47 Å². The number of hydrogen-bond acceptors (Lipinski definition) is 3. The Hall–Kier alpha value is -7.53. The van der Waals surface area contributed by atoms with Gasteiger partial charge in [0.15, 0.2) is 0 Å². The normalized spacial score (nSPS) is 13.6. The molecule has 0 saturated heterocycles. The molecular weight excluding hydrogens is 1050 g/mol. The van der Waals surface area contributed by atoms with E-state index < -0.39 is 5.41 Å². The van der Waals surface area contributed by atoms with E-state index in [-0.39, 0.29) is 10.8 Å². The quantitative estimate of drug-likeness (QED) is 0.161. The summed E-state index contributed by atoms with van der Waals surface area (Å²) in [6.07, 6.45) is 1.89. The van der Waals surface area contributed by atoms with Gasteiger partial charge in [0.25, 0.3) is 0 Å². The molecule has 350 valence electrons. The number of para-hydroxylation sites is 4. The second-order valence-corrected chi connectivity index (χ2v) is 22.1. The van der Waals surface area contributed by atoms with Crippen LogP contribution in [0.3, 0.4) is 0 Å². The maximum absolute atomic E-state index is 6.82. The summed E-state index contributed by atoms with van der Waals surface area (Å²) in [6.45, 7) is 15.8. The number of hydrogen-bond donors (Lipinski definition) is 0. The van der Waals surface area contributed by atoms with Gasteiger partial charge in [0.05, 0.1) is 5.41 Å². The molecule has 1 aliphatic carbocycles. The number of pyridine rings is 1. The Morgan fingerprint density at radius 2 is 1.17 bits per heavy atom. The van der Waals surface area contributed by atoms with Crippen molar-refractivity contribution in [1.29, 1.82) is 0 Å². The van der Waals surface area contributed by atoms with Gasteiger partial charge >= 0.3 is 275 Å². The Morgan fingerprint density at radius 1 is 0.535 bits per heavy atom. The number of rotatable bonds is 5. The summed E-state index contributed by atoms with van der Waals surface area (Å²) < 4.78 is 21.4. The SMILES string of the molecule is Cc1ccnc(-n2c3[c-]c(Oc4[c-]c(-n5[c](=[Pt])n(-c6cc(C(C)(C)C)cc(C(C)(C)C)c6)c6ccccc65)ccc4)ccc3c3cc4c(cc32)C2(c3ccccc3Oc3ccccc32)c2ccccc2-4)c1. The smallest absolute Gasteiger partial charge is 0.457 e. The summed E-state index contributed by atoms with van der Waals surface area (Å²) in [5.74, 6) is 3.72. The molecule has 8 aromatic carbocycles. The molecule has 71 heavy (non-hydrogen) atoms. The van der Waals surface area contributed by atoms with Gasteiger partial charge in [-0.3, -0.25) is 0 Å². The standard InChI is InChI=1S/C64H50N4O2.Pt/c1-40-29-30-65-61(31-40)68-57-36-46(69-45-18-16-17-43(35-45)66-39-67(56-24-13-12-23-55(56)66)44-33-41(62(2,3)4)32-42(34-44)63(5,6)7)27-28-48(57)50-37-49-47-19-8-9-20-51(47)64(54(49)38-58(50)68)52-21-10-14-25-59(52)70-60-26-15-11-22-53(60)64;/h8-34,37-38H,1-7H3;/q-2;. The first kappa shape index (κ1) is 43.5. The number of aromatic nitrogens is 4. The second-order valence-electron chi connectivity index (χ2n) is 21.1. The van der Waals surface area contributed by atoms with E-state index in [0.717, 1.165) is 82.0 Å². The van der Waals surface area contributed by atoms with Crippen LogP contribution in [0, 0.1) is 22.9 Å². The molecule has 3 aromatic heterocycles. The summed E-state index contributed by atoms with van der Waals surface area (Å²) in [4.78, 5) is 5.01. The van der Waals surface area contributed by atoms with Crippen molar-refractivity contribution in [3.05, 3.63) is 231 Å². The van der Waals surface area contributed by atoms with Crippen LogP contribution in [-0.2, 0) is 35.6 Å². The number of aryl methyl sites for hydroxylation is 1. The van der Waals surface area contributed by atoms with Crippen molar-refractivity contribution in [3.63, 3.8) is 0 Å². The molecule has 0 bridgehead atoms. The third-order valence-corrected chi connectivity index (χ3v) is 15.6. The van der Waals surface area contributed by atoms with Crippen LogP contribution in [0.5, 0.6) is 23.0 Å². The number of nitrogens with zero attached hydrogens (tertiary/aromatic N) is 4. The van der Waals surface area contributed by atoms with Gasteiger partial charge in [-0.1, -0.05) is 60.7 Å². The Labute approximate surface area is 424 Å². The van der Waals surface area contributed by atoms with E-state index in [1.807, 2.05) is 30.5 Å². The van der Waals surface area contributed by atoms with E-state index in [2.05, 4.69) is 239 Å². The molecule has 0 amide bonds. The molecule has 11 aromatic rings. The molecule has 7 heteroatoms. The van der Waals surface area contributed by atoms with Gasteiger partial charge in [-0.2, -0.15) is 0 Å². The molecule has 0 unspecified atom stereocenters. The minimum atomic E-state index is -0.611. The van der Waals surface area contributed by atoms with E-state index in [4.69, 9.17) is 14.5 Å². The van der Waals surface area contributed by atoms with Gasteiger partial charge in [-0.15, -0.1) is 0 Å². The first-order chi connectivity index (χ1) is 34.3. The van der Waals surface area contributed by atoms with Crippen molar-refractivity contribution in [2.45, 2.75) is 64.7 Å². The third-order valence-electron chi connectivity index (χ3n) is 14.6. The van der Waals surface area contributed by atoms with E-state index in [9.17, 15) is 0 Å². The summed E-state index contributed by atoms with van der Waals surface area (Å²) in [7, 11) is 0.